The number of hydrogen-bond donors (Lipinski definition) is 1. The molecule has 1 aliphatic heterocycles. The Morgan fingerprint density at radius 1 is 1.00 bits per heavy atom. The van der Waals surface area contributed by atoms with E-state index in [1.165, 1.54) is 12.1 Å². The van der Waals surface area contributed by atoms with Crippen LogP contribution in [0.5, 0.6) is 0 Å². The van der Waals surface area contributed by atoms with Crippen molar-refractivity contribution in [3.05, 3.63) is 71.5 Å². The molecule has 27 heavy (non-hydrogen) atoms. The van der Waals surface area contributed by atoms with Gasteiger partial charge in [-0.1, -0.05) is 42.5 Å². The average Bonchev–Trinajstić information content (AvgIpc) is 3.49. The number of carbonyl (C=O) groups is 2. The van der Waals surface area contributed by atoms with Crippen molar-refractivity contribution >= 4 is 11.9 Å². The lowest BCUT2D eigenvalue weighted by Crippen LogP contribution is -2.49. The molecule has 2 atom stereocenters. The zero-order valence-electron chi connectivity index (χ0n) is 15.0. The van der Waals surface area contributed by atoms with Crippen molar-refractivity contribution in [2.75, 3.05) is 13.1 Å². The van der Waals surface area contributed by atoms with E-state index in [-0.39, 0.29) is 23.6 Å². The molecule has 1 heterocycles. The summed E-state index contributed by atoms with van der Waals surface area (Å²) in [6.07, 6.45) is 1.63. The van der Waals surface area contributed by atoms with Crippen LogP contribution in [0, 0.1) is 11.7 Å². The summed E-state index contributed by atoms with van der Waals surface area (Å²) >= 11 is 0. The fourth-order valence-electron chi connectivity index (χ4n) is 4.27. The van der Waals surface area contributed by atoms with Gasteiger partial charge in [0.05, 0.1) is 5.41 Å². The Labute approximate surface area is 157 Å². The first-order valence-electron chi connectivity index (χ1n) is 9.34. The van der Waals surface area contributed by atoms with Crippen LogP contribution >= 0.6 is 0 Å². The second-order valence-electron chi connectivity index (χ2n) is 7.58. The molecule has 2 aliphatic rings. The summed E-state index contributed by atoms with van der Waals surface area (Å²) in [5, 5.41) is 9.87. The Hall–Kier alpha value is -2.69. The molecule has 1 aliphatic carbocycles. The van der Waals surface area contributed by atoms with Gasteiger partial charge in [-0.2, -0.15) is 0 Å². The predicted octanol–water partition coefficient (Wildman–Crippen LogP) is 3.57. The van der Waals surface area contributed by atoms with E-state index >= 15 is 0 Å². The molecule has 140 valence electrons. The molecule has 2 fully saturated rings. The molecule has 2 aromatic rings. The number of aliphatic carboxylic acids is 1. The van der Waals surface area contributed by atoms with Gasteiger partial charge in [0.2, 0.25) is 5.91 Å². The van der Waals surface area contributed by atoms with Crippen molar-refractivity contribution in [2.24, 2.45) is 5.92 Å². The summed E-state index contributed by atoms with van der Waals surface area (Å²) in [7, 11) is 0. The third-order valence-electron chi connectivity index (χ3n) is 6.07. The molecule has 0 bridgehead atoms. The number of hydrogen-bond acceptors (Lipinski definition) is 2. The standard InChI is InChI=1S/C22H22FNO3/c23-17-8-6-15(7-9-17)18-14-19(18)20(25)24-12-10-22(11-13-24,21(26)27)16-4-2-1-3-5-16/h1-9,18-19H,10-14H2,(H,26,27)/t18-,19+/m1/s1. The van der Waals surface area contributed by atoms with Crippen LogP contribution in [0.4, 0.5) is 4.39 Å². The van der Waals surface area contributed by atoms with Gasteiger partial charge in [0.25, 0.3) is 0 Å². The maximum absolute atomic E-state index is 13.1. The summed E-state index contributed by atoms with van der Waals surface area (Å²) in [4.78, 5) is 26.7. The second-order valence-corrected chi connectivity index (χ2v) is 7.58. The zero-order valence-corrected chi connectivity index (χ0v) is 15.0. The minimum absolute atomic E-state index is 0.0653. The van der Waals surface area contributed by atoms with Crippen LogP contribution in [0.2, 0.25) is 0 Å². The molecule has 1 amide bonds. The van der Waals surface area contributed by atoms with Crippen LogP contribution in [0.25, 0.3) is 0 Å². The number of amides is 1. The lowest BCUT2D eigenvalue weighted by Gasteiger charge is -2.39. The Balaban J connectivity index is 1.42. The number of likely N-dealkylation sites (tertiary alicyclic amines) is 1. The molecule has 0 aromatic heterocycles. The zero-order chi connectivity index (χ0) is 19.0. The fraction of sp³-hybridized carbons (Fsp3) is 0.364. The topological polar surface area (TPSA) is 57.6 Å². The Morgan fingerprint density at radius 3 is 2.22 bits per heavy atom. The van der Waals surface area contributed by atoms with E-state index in [9.17, 15) is 19.1 Å². The van der Waals surface area contributed by atoms with E-state index in [0.717, 1.165) is 17.5 Å². The quantitative estimate of drug-likeness (QED) is 0.899. The van der Waals surface area contributed by atoms with Crippen molar-refractivity contribution in [3.63, 3.8) is 0 Å². The number of halogens is 1. The van der Waals surface area contributed by atoms with Gasteiger partial charge in [0.1, 0.15) is 5.82 Å². The number of rotatable bonds is 4. The van der Waals surface area contributed by atoms with Crippen LogP contribution in [-0.2, 0) is 15.0 Å². The Bertz CT molecular complexity index is 842. The Morgan fingerprint density at radius 2 is 1.63 bits per heavy atom. The van der Waals surface area contributed by atoms with E-state index in [4.69, 9.17) is 0 Å². The molecule has 0 radical (unpaired) electrons. The average molecular weight is 367 g/mol. The van der Waals surface area contributed by atoms with Gasteiger partial charge in [-0.3, -0.25) is 9.59 Å². The van der Waals surface area contributed by atoms with E-state index < -0.39 is 11.4 Å². The van der Waals surface area contributed by atoms with Crippen molar-refractivity contribution in [1.29, 1.82) is 0 Å². The van der Waals surface area contributed by atoms with Gasteiger partial charge in [-0.15, -0.1) is 0 Å². The molecule has 1 N–H and O–H groups in total. The Kier molecular flexibility index (Phi) is 4.46. The summed E-state index contributed by atoms with van der Waals surface area (Å²) in [6, 6.07) is 15.6. The first-order valence-corrected chi connectivity index (χ1v) is 9.34. The lowest BCUT2D eigenvalue weighted by atomic mass is 9.73. The summed E-state index contributed by atoms with van der Waals surface area (Å²) < 4.78 is 13.1. The molecule has 0 unspecified atom stereocenters. The van der Waals surface area contributed by atoms with E-state index in [1.54, 1.807) is 17.0 Å². The SMILES string of the molecule is O=C([C@H]1C[C@@H]1c1ccc(F)cc1)N1CCC(C(=O)O)(c2ccccc2)CC1. The van der Waals surface area contributed by atoms with E-state index in [2.05, 4.69) is 0 Å². The molecule has 0 spiro atoms. The third-order valence-corrected chi connectivity index (χ3v) is 6.07. The summed E-state index contributed by atoms with van der Waals surface area (Å²) in [5.74, 6) is -0.917. The minimum atomic E-state index is -0.919. The maximum atomic E-state index is 13.1. The highest BCUT2D eigenvalue weighted by atomic mass is 19.1. The molecular weight excluding hydrogens is 345 g/mol. The van der Waals surface area contributed by atoms with Crippen LogP contribution in [0.15, 0.2) is 54.6 Å². The van der Waals surface area contributed by atoms with E-state index in [0.29, 0.717) is 25.9 Å². The van der Waals surface area contributed by atoms with E-state index in [1.807, 2.05) is 30.3 Å². The third kappa shape index (κ3) is 3.22. The van der Waals surface area contributed by atoms with Crippen LogP contribution in [0.1, 0.15) is 36.3 Å². The first-order chi connectivity index (χ1) is 13.0. The molecule has 2 aromatic carbocycles. The molecule has 4 rings (SSSR count). The smallest absolute Gasteiger partial charge is 0.314 e. The molecular formula is C22H22FNO3. The highest BCUT2D eigenvalue weighted by molar-refractivity contribution is 5.85. The van der Waals surface area contributed by atoms with Crippen molar-refractivity contribution in [3.8, 4) is 0 Å². The number of piperidine rings is 1. The van der Waals surface area contributed by atoms with Gasteiger partial charge in [-0.05, 0) is 48.4 Å². The number of nitrogens with zero attached hydrogens (tertiary/aromatic N) is 1. The molecule has 4 nitrogen and oxygen atoms in total. The van der Waals surface area contributed by atoms with Crippen LogP contribution in [0.3, 0.4) is 0 Å². The molecule has 1 saturated heterocycles. The largest absolute Gasteiger partial charge is 0.481 e. The number of carbonyl (C=O) groups excluding carboxylic acids is 1. The lowest BCUT2D eigenvalue weighted by molar-refractivity contribution is -0.148. The summed E-state index contributed by atoms with van der Waals surface area (Å²) in [5.41, 5.74) is 0.883. The fourth-order valence-corrected chi connectivity index (χ4v) is 4.27. The van der Waals surface area contributed by atoms with Gasteiger partial charge < -0.3 is 10.0 Å². The van der Waals surface area contributed by atoms with Gasteiger partial charge in [0.15, 0.2) is 0 Å². The first kappa shape index (κ1) is 17.7. The normalized spacial score (nSPS) is 23.7. The monoisotopic (exact) mass is 367 g/mol. The number of carboxylic acids is 1. The van der Waals surface area contributed by atoms with Crippen molar-refractivity contribution < 1.29 is 19.1 Å². The van der Waals surface area contributed by atoms with Crippen molar-refractivity contribution in [1.82, 2.24) is 4.90 Å². The molecule has 1 saturated carbocycles. The van der Waals surface area contributed by atoms with Gasteiger partial charge in [-0.25, -0.2) is 4.39 Å². The highest BCUT2D eigenvalue weighted by Gasteiger charge is 2.49. The number of carboxylic acid groups (broad SMARTS) is 1. The van der Waals surface area contributed by atoms with Crippen LogP contribution in [-0.4, -0.2) is 35.0 Å². The van der Waals surface area contributed by atoms with Crippen molar-refractivity contribution in [2.45, 2.75) is 30.6 Å². The highest BCUT2D eigenvalue weighted by Crippen LogP contribution is 2.49. The predicted molar refractivity (Wildman–Crippen MR) is 98.8 cm³/mol. The van der Waals surface area contributed by atoms with Gasteiger partial charge >= 0.3 is 5.97 Å². The summed E-state index contributed by atoms with van der Waals surface area (Å²) in [6.45, 7) is 0.902. The second kappa shape index (κ2) is 6.80. The minimum Gasteiger partial charge on any atom is -0.481 e. The molecule has 5 heteroatoms. The van der Waals surface area contributed by atoms with Crippen LogP contribution < -0.4 is 0 Å². The maximum Gasteiger partial charge on any atom is 0.314 e. The van der Waals surface area contributed by atoms with Gasteiger partial charge in [0, 0.05) is 19.0 Å². The number of benzene rings is 2.